The number of amides is 1. The van der Waals surface area contributed by atoms with Gasteiger partial charge in [-0.25, -0.2) is 14.6 Å². The molecule has 7 nitrogen and oxygen atoms in total. The van der Waals surface area contributed by atoms with Gasteiger partial charge >= 0.3 is 0 Å². The number of ether oxygens (including phenoxy) is 1. The molecule has 0 aliphatic heterocycles. The molecule has 0 bridgehead atoms. The van der Waals surface area contributed by atoms with E-state index < -0.39 is 0 Å². The molecule has 0 saturated carbocycles. The smallest absolute Gasteiger partial charge is 0.263 e. The lowest BCUT2D eigenvalue weighted by atomic mass is 10.1. The number of hydrogen-bond acceptors (Lipinski definition) is 5. The third-order valence-corrected chi connectivity index (χ3v) is 3.85. The average Bonchev–Trinajstić information content (AvgIpc) is 2.94. The normalized spacial score (nSPS) is 10.6. The summed E-state index contributed by atoms with van der Waals surface area (Å²) in [5, 5.41) is 7.11. The number of aryl methyl sites for hydroxylation is 4. The summed E-state index contributed by atoms with van der Waals surface area (Å²) in [5.74, 6) is 1.41. The Bertz CT molecular complexity index is 949. The molecule has 0 aliphatic carbocycles. The van der Waals surface area contributed by atoms with Crippen LogP contribution in [0.5, 0.6) is 5.75 Å². The second kappa shape index (κ2) is 7.35. The Kier molecular flexibility index (Phi) is 4.97. The van der Waals surface area contributed by atoms with Crippen molar-refractivity contribution >= 4 is 11.7 Å². The number of nitrogens with zero attached hydrogens (tertiary/aromatic N) is 4. The number of carbonyl (C=O) groups is 1. The largest absolute Gasteiger partial charge is 0.483 e. The predicted octanol–water partition coefficient (Wildman–Crippen LogP) is 2.91. The minimum atomic E-state index is -0.288. The molecule has 0 saturated heterocycles. The van der Waals surface area contributed by atoms with Crippen LogP contribution in [0.25, 0.3) is 5.82 Å². The summed E-state index contributed by atoms with van der Waals surface area (Å²) < 4.78 is 7.32. The van der Waals surface area contributed by atoms with E-state index >= 15 is 0 Å². The first-order valence-corrected chi connectivity index (χ1v) is 8.28. The summed E-state index contributed by atoms with van der Waals surface area (Å²) in [5.41, 5.74) is 3.92. The lowest BCUT2D eigenvalue weighted by molar-refractivity contribution is -0.118. The van der Waals surface area contributed by atoms with Gasteiger partial charge in [0.05, 0.1) is 5.69 Å². The van der Waals surface area contributed by atoms with E-state index in [1.807, 2.05) is 52.0 Å². The SMILES string of the molecule is Cc1ccc(C)c(OCC(=O)Nc2cc(-n3nc(C)cc3C)ncn2)c1. The number of nitrogens with one attached hydrogen (secondary N) is 1. The Hall–Kier alpha value is -3.22. The number of hydrogen-bond donors (Lipinski definition) is 1. The molecule has 2 heterocycles. The van der Waals surface area contributed by atoms with Crippen LogP contribution in [0.4, 0.5) is 5.82 Å². The molecule has 1 amide bonds. The minimum Gasteiger partial charge on any atom is -0.483 e. The van der Waals surface area contributed by atoms with E-state index in [4.69, 9.17) is 4.74 Å². The summed E-state index contributed by atoms with van der Waals surface area (Å²) in [6, 6.07) is 9.51. The zero-order chi connectivity index (χ0) is 18.7. The molecule has 0 spiro atoms. The zero-order valence-electron chi connectivity index (χ0n) is 15.3. The van der Waals surface area contributed by atoms with Crippen LogP contribution >= 0.6 is 0 Å². The van der Waals surface area contributed by atoms with Gasteiger partial charge in [-0.15, -0.1) is 0 Å². The van der Waals surface area contributed by atoms with Crippen LogP contribution in [0, 0.1) is 27.7 Å². The molecular weight excluding hydrogens is 330 g/mol. The summed E-state index contributed by atoms with van der Waals surface area (Å²) >= 11 is 0. The van der Waals surface area contributed by atoms with Crippen LogP contribution in [0.3, 0.4) is 0 Å². The number of anilines is 1. The number of rotatable bonds is 5. The van der Waals surface area contributed by atoms with Crippen LogP contribution in [0.2, 0.25) is 0 Å². The van der Waals surface area contributed by atoms with Crippen LogP contribution in [0.15, 0.2) is 36.7 Å². The monoisotopic (exact) mass is 351 g/mol. The van der Waals surface area contributed by atoms with E-state index in [0.29, 0.717) is 17.4 Å². The fraction of sp³-hybridized carbons (Fsp3) is 0.263. The summed E-state index contributed by atoms with van der Waals surface area (Å²) in [6.45, 7) is 7.69. The lowest BCUT2D eigenvalue weighted by Crippen LogP contribution is -2.21. The maximum atomic E-state index is 12.2. The van der Waals surface area contributed by atoms with E-state index in [-0.39, 0.29) is 12.5 Å². The highest BCUT2D eigenvalue weighted by atomic mass is 16.5. The van der Waals surface area contributed by atoms with E-state index in [0.717, 1.165) is 22.5 Å². The van der Waals surface area contributed by atoms with Crippen LogP contribution in [-0.2, 0) is 4.79 Å². The quantitative estimate of drug-likeness (QED) is 0.764. The van der Waals surface area contributed by atoms with Crippen molar-refractivity contribution in [2.24, 2.45) is 0 Å². The van der Waals surface area contributed by atoms with Gasteiger partial charge < -0.3 is 10.1 Å². The lowest BCUT2D eigenvalue weighted by Gasteiger charge is -2.10. The van der Waals surface area contributed by atoms with Crippen molar-refractivity contribution in [2.45, 2.75) is 27.7 Å². The maximum absolute atomic E-state index is 12.2. The van der Waals surface area contributed by atoms with Gasteiger partial charge in [-0.2, -0.15) is 5.10 Å². The molecule has 0 atom stereocenters. The van der Waals surface area contributed by atoms with Gasteiger partial charge in [0, 0.05) is 11.8 Å². The van der Waals surface area contributed by atoms with Crippen molar-refractivity contribution < 1.29 is 9.53 Å². The molecule has 7 heteroatoms. The van der Waals surface area contributed by atoms with Crippen LogP contribution in [-0.4, -0.2) is 32.3 Å². The highest BCUT2D eigenvalue weighted by Gasteiger charge is 2.10. The molecule has 26 heavy (non-hydrogen) atoms. The molecule has 0 fully saturated rings. The van der Waals surface area contributed by atoms with Gasteiger partial charge in [-0.1, -0.05) is 12.1 Å². The van der Waals surface area contributed by atoms with Gasteiger partial charge in [0.25, 0.3) is 5.91 Å². The molecule has 0 radical (unpaired) electrons. The second-order valence-corrected chi connectivity index (χ2v) is 6.21. The van der Waals surface area contributed by atoms with Crippen molar-refractivity contribution in [3.63, 3.8) is 0 Å². The molecule has 3 aromatic rings. The summed E-state index contributed by atoms with van der Waals surface area (Å²) in [7, 11) is 0. The van der Waals surface area contributed by atoms with Crippen molar-refractivity contribution in [3.8, 4) is 11.6 Å². The first-order valence-electron chi connectivity index (χ1n) is 8.28. The minimum absolute atomic E-state index is 0.0937. The van der Waals surface area contributed by atoms with Crippen LogP contribution in [0.1, 0.15) is 22.5 Å². The Labute approximate surface area is 152 Å². The number of aromatic nitrogens is 4. The van der Waals surface area contributed by atoms with Gasteiger partial charge in [-0.3, -0.25) is 4.79 Å². The Balaban J connectivity index is 1.67. The molecule has 0 unspecified atom stereocenters. The third kappa shape index (κ3) is 4.05. The second-order valence-electron chi connectivity index (χ2n) is 6.21. The van der Waals surface area contributed by atoms with E-state index in [1.54, 1.807) is 10.7 Å². The van der Waals surface area contributed by atoms with Crippen molar-refractivity contribution in [1.82, 2.24) is 19.7 Å². The van der Waals surface area contributed by atoms with Crippen molar-refractivity contribution in [2.75, 3.05) is 11.9 Å². The standard InChI is InChI=1S/C19H21N5O2/c1-12-5-6-13(2)16(7-12)26-10-19(25)22-17-9-18(21-11-20-17)24-15(4)8-14(3)23-24/h5-9,11H,10H2,1-4H3,(H,20,21,22,25). The fourth-order valence-electron chi connectivity index (χ4n) is 2.58. The van der Waals surface area contributed by atoms with Crippen molar-refractivity contribution in [1.29, 1.82) is 0 Å². The Morgan fingerprint density at radius 3 is 2.65 bits per heavy atom. The Morgan fingerprint density at radius 2 is 1.92 bits per heavy atom. The summed E-state index contributed by atoms with van der Waals surface area (Å²) in [4.78, 5) is 20.5. The topological polar surface area (TPSA) is 81.9 Å². The molecule has 2 aromatic heterocycles. The van der Waals surface area contributed by atoms with E-state index in [2.05, 4.69) is 20.4 Å². The van der Waals surface area contributed by atoms with Gasteiger partial charge in [0.2, 0.25) is 0 Å². The first kappa shape index (κ1) is 17.6. The van der Waals surface area contributed by atoms with Gasteiger partial charge in [-0.05, 0) is 51.0 Å². The molecule has 1 N–H and O–H groups in total. The van der Waals surface area contributed by atoms with Crippen molar-refractivity contribution in [3.05, 3.63) is 59.2 Å². The Morgan fingerprint density at radius 1 is 1.12 bits per heavy atom. The third-order valence-electron chi connectivity index (χ3n) is 3.85. The highest BCUT2D eigenvalue weighted by molar-refractivity contribution is 5.91. The van der Waals surface area contributed by atoms with Crippen LogP contribution < -0.4 is 10.1 Å². The fourth-order valence-corrected chi connectivity index (χ4v) is 2.58. The maximum Gasteiger partial charge on any atom is 0.263 e. The average molecular weight is 351 g/mol. The summed E-state index contributed by atoms with van der Waals surface area (Å²) in [6.07, 6.45) is 1.40. The first-order chi connectivity index (χ1) is 12.4. The predicted molar refractivity (Wildman–Crippen MR) is 98.7 cm³/mol. The highest BCUT2D eigenvalue weighted by Crippen LogP contribution is 2.19. The molecule has 0 aliphatic rings. The van der Waals surface area contributed by atoms with E-state index in [9.17, 15) is 4.79 Å². The zero-order valence-corrected chi connectivity index (χ0v) is 15.3. The van der Waals surface area contributed by atoms with E-state index in [1.165, 1.54) is 6.33 Å². The molecular formula is C19H21N5O2. The van der Waals surface area contributed by atoms with Gasteiger partial charge in [0.1, 0.15) is 17.9 Å². The molecule has 3 rings (SSSR count). The molecule has 134 valence electrons. The van der Waals surface area contributed by atoms with Gasteiger partial charge in [0.15, 0.2) is 12.4 Å². The molecule has 1 aromatic carbocycles. The number of carbonyl (C=O) groups excluding carboxylic acids is 1. The number of benzene rings is 1.